The second-order valence-corrected chi connectivity index (χ2v) is 3.65. The van der Waals surface area contributed by atoms with Crippen molar-refractivity contribution in [1.82, 2.24) is 10.3 Å². The number of methoxy groups -OCH3 is 1. The van der Waals surface area contributed by atoms with E-state index in [9.17, 15) is 22.8 Å². The van der Waals surface area contributed by atoms with E-state index in [1.54, 1.807) is 12.1 Å². The number of rotatable bonds is 5. The number of nitrogens with one attached hydrogen (secondary N) is 2. The van der Waals surface area contributed by atoms with Crippen LogP contribution in [0.25, 0.3) is 0 Å². The Kier molecular flexibility index (Phi) is 5.76. The summed E-state index contributed by atoms with van der Waals surface area (Å²) in [6.45, 7) is -2.30. The average Bonchev–Trinajstić information content (AvgIpc) is 2.42. The van der Waals surface area contributed by atoms with E-state index in [-0.39, 0.29) is 5.82 Å². The van der Waals surface area contributed by atoms with Crippen molar-refractivity contribution in [2.24, 2.45) is 0 Å². The fraction of sp³-hybridized carbons (Fsp3) is 0.364. The second-order valence-electron chi connectivity index (χ2n) is 3.65. The lowest BCUT2D eigenvalue weighted by Crippen LogP contribution is -2.35. The van der Waals surface area contributed by atoms with Crippen molar-refractivity contribution < 1.29 is 32.2 Å². The maximum atomic E-state index is 11.8. The number of nitrogens with zero attached hydrogens (tertiary/aromatic N) is 1. The monoisotopic (exact) mass is 307 g/mol. The van der Waals surface area contributed by atoms with Gasteiger partial charge in [0.1, 0.15) is 6.54 Å². The third kappa shape index (κ3) is 6.45. The largest absolute Gasteiger partial charge is 0.493 e. The Morgan fingerprint density at radius 1 is 1.38 bits per heavy atom. The van der Waals surface area contributed by atoms with Gasteiger partial charge in [-0.2, -0.15) is 13.2 Å². The van der Waals surface area contributed by atoms with Crippen LogP contribution in [0.1, 0.15) is 0 Å². The van der Waals surface area contributed by atoms with Crippen LogP contribution < -0.4 is 15.4 Å². The van der Waals surface area contributed by atoms with E-state index in [0.717, 1.165) is 0 Å². The van der Waals surface area contributed by atoms with Crippen molar-refractivity contribution in [3.8, 4) is 5.75 Å². The number of aromatic nitrogens is 1. The van der Waals surface area contributed by atoms with E-state index >= 15 is 0 Å². The molecule has 0 saturated heterocycles. The van der Waals surface area contributed by atoms with Crippen LogP contribution in [0.5, 0.6) is 5.75 Å². The van der Waals surface area contributed by atoms with Crippen LogP contribution in [0.3, 0.4) is 0 Å². The molecule has 0 saturated carbocycles. The first-order chi connectivity index (χ1) is 9.81. The molecular formula is C11H12F3N3O4. The molecule has 116 valence electrons. The number of carbonyl (C=O) groups is 2. The smallest absolute Gasteiger partial charge is 0.422 e. The number of hydrogen-bond acceptors (Lipinski definition) is 5. The number of halogens is 3. The zero-order valence-corrected chi connectivity index (χ0v) is 10.9. The number of pyridine rings is 1. The minimum absolute atomic E-state index is 0.121. The normalized spacial score (nSPS) is 10.7. The van der Waals surface area contributed by atoms with Gasteiger partial charge in [0.25, 0.3) is 0 Å². The number of carbonyl (C=O) groups excluding carboxylic acids is 2. The van der Waals surface area contributed by atoms with Crippen LogP contribution in [-0.4, -0.2) is 43.4 Å². The molecule has 0 unspecified atom stereocenters. The summed E-state index contributed by atoms with van der Waals surface area (Å²) in [6.07, 6.45) is -4.57. The molecule has 0 bridgehead atoms. The summed E-state index contributed by atoms with van der Waals surface area (Å²) in [4.78, 5) is 26.2. The van der Waals surface area contributed by atoms with Crippen molar-refractivity contribution in [3.05, 3.63) is 18.3 Å². The molecule has 1 heterocycles. The molecule has 0 aliphatic rings. The molecule has 0 aliphatic carbocycles. The van der Waals surface area contributed by atoms with Gasteiger partial charge in [-0.25, -0.2) is 9.78 Å². The first-order valence-electron chi connectivity index (χ1n) is 5.58. The van der Waals surface area contributed by atoms with Gasteiger partial charge in [-0.15, -0.1) is 0 Å². The maximum Gasteiger partial charge on any atom is 0.422 e. The lowest BCUT2D eigenvalue weighted by molar-refractivity contribution is -0.160. The molecule has 21 heavy (non-hydrogen) atoms. The van der Waals surface area contributed by atoms with Crippen molar-refractivity contribution in [2.75, 3.05) is 25.6 Å². The SMILES string of the molecule is COc1cccnc1NC(=O)CNC(=O)OCC(F)(F)F. The van der Waals surface area contributed by atoms with Gasteiger partial charge in [0, 0.05) is 6.20 Å². The predicted octanol–water partition coefficient (Wildman–Crippen LogP) is 1.32. The lowest BCUT2D eigenvalue weighted by Gasteiger charge is -2.10. The summed E-state index contributed by atoms with van der Waals surface area (Å²) >= 11 is 0. The van der Waals surface area contributed by atoms with Gasteiger partial charge in [-0.05, 0) is 12.1 Å². The zero-order valence-electron chi connectivity index (χ0n) is 10.9. The van der Waals surface area contributed by atoms with E-state index in [1.165, 1.54) is 13.3 Å². The van der Waals surface area contributed by atoms with Crippen molar-refractivity contribution >= 4 is 17.8 Å². The van der Waals surface area contributed by atoms with Gasteiger partial charge in [0.2, 0.25) is 5.91 Å². The van der Waals surface area contributed by atoms with Crippen molar-refractivity contribution in [1.29, 1.82) is 0 Å². The van der Waals surface area contributed by atoms with Gasteiger partial charge in [0.05, 0.1) is 7.11 Å². The molecule has 0 spiro atoms. The fourth-order valence-corrected chi connectivity index (χ4v) is 1.18. The fourth-order valence-electron chi connectivity index (χ4n) is 1.18. The number of anilines is 1. The quantitative estimate of drug-likeness (QED) is 0.856. The Labute approximate surface area is 117 Å². The van der Waals surface area contributed by atoms with Gasteiger partial charge >= 0.3 is 12.3 Å². The lowest BCUT2D eigenvalue weighted by atomic mass is 10.4. The first kappa shape index (κ1) is 16.5. The molecule has 0 fully saturated rings. The molecule has 0 aliphatic heterocycles. The highest BCUT2D eigenvalue weighted by molar-refractivity contribution is 5.94. The van der Waals surface area contributed by atoms with Crippen molar-refractivity contribution in [3.63, 3.8) is 0 Å². The Morgan fingerprint density at radius 3 is 2.71 bits per heavy atom. The summed E-state index contributed by atoms with van der Waals surface area (Å²) in [6, 6.07) is 3.13. The summed E-state index contributed by atoms with van der Waals surface area (Å²) in [7, 11) is 1.37. The Bertz CT molecular complexity index is 508. The third-order valence-electron chi connectivity index (χ3n) is 2.01. The van der Waals surface area contributed by atoms with E-state index in [1.807, 2.05) is 5.32 Å². The molecule has 0 radical (unpaired) electrons. The molecule has 1 aromatic rings. The molecule has 7 nitrogen and oxygen atoms in total. The van der Waals surface area contributed by atoms with Gasteiger partial charge in [-0.3, -0.25) is 4.79 Å². The highest BCUT2D eigenvalue weighted by Crippen LogP contribution is 2.19. The summed E-state index contributed by atoms with van der Waals surface area (Å²) in [5.41, 5.74) is 0. The predicted molar refractivity (Wildman–Crippen MR) is 64.8 cm³/mol. The topological polar surface area (TPSA) is 89.5 Å². The van der Waals surface area contributed by atoms with Crippen LogP contribution in [0.2, 0.25) is 0 Å². The molecule has 2 N–H and O–H groups in total. The molecule has 0 aromatic carbocycles. The molecular weight excluding hydrogens is 295 g/mol. The highest BCUT2D eigenvalue weighted by atomic mass is 19.4. The molecule has 0 atom stereocenters. The number of hydrogen-bond donors (Lipinski definition) is 2. The maximum absolute atomic E-state index is 11.8. The van der Waals surface area contributed by atoms with E-state index in [4.69, 9.17) is 4.74 Å². The van der Waals surface area contributed by atoms with E-state index in [0.29, 0.717) is 5.75 Å². The van der Waals surface area contributed by atoms with Crippen LogP contribution in [0.15, 0.2) is 18.3 Å². The van der Waals surface area contributed by atoms with Gasteiger partial charge in [0.15, 0.2) is 18.2 Å². The summed E-state index contributed by atoms with van der Waals surface area (Å²) < 4.78 is 44.1. The minimum atomic E-state index is -4.62. The standard InChI is InChI=1S/C11H12F3N3O4/c1-20-7-3-2-4-15-9(7)17-8(18)5-16-10(19)21-6-11(12,13)14/h2-4H,5-6H2,1H3,(H,16,19)(H,15,17,18). The first-order valence-corrected chi connectivity index (χ1v) is 5.58. The number of alkyl halides is 3. The van der Waals surface area contributed by atoms with Crippen LogP contribution >= 0.6 is 0 Å². The van der Waals surface area contributed by atoms with Gasteiger partial charge < -0.3 is 20.1 Å². The van der Waals surface area contributed by atoms with Crippen LogP contribution in [-0.2, 0) is 9.53 Å². The van der Waals surface area contributed by atoms with Crippen LogP contribution in [0, 0.1) is 0 Å². The molecule has 1 rings (SSSR count). The summed E-state index contributed by atoms with van der Waals surface area (Å²) in [5.74, 6) is -0.281. The average molecular weight is 307 g/mol. The highest BCUT2D eigenvalue weighted by Gasteiger charge is 2.29. The molecule has 2 amide bonds. The molecule has 10 heteroatoms. The Balaban J connectivity index is 2.39. The van der Waals surface area contributed by atoms with Crippen LogP contribution in [0.4, 0.5) is 23.8 Å². The number of alkyl carbamates (subject to hydrolysis) is 1. The van der Waals surface area contributed by atoms with E-state index in [2.05, 4.69) is 15.0 Å². The minimum Gasteiger partial charge on any atom is -0.493 e. The second kappa shape index (κ2) is 7.31. The van der Waals surface area contributed by atoms with E-state index < -0.39 is 31.3 Å². The molecule has 1 aromatic heterocycles. The Morgan fingerprint density at radius 2 is 2.10 bits per heavy atom. The number of ether oxygens (including phenoxy) is 2. The van der Waals surface area contributed by atoms with Gasteiger partial charge in [-0.1, -0.05) is 0 Å². The third-order valence-corrected chi connectivity index (χ3v) is 2.01. The zero-order chi connectivity index (χ0) is 15.9. The van der Waals surface area contributed by atoms with Crippen molar-refractivity contribution in [2.45, 2.75) is 6.18 Å². The Hall–Kier alpha value is -2.52. The summed E-state index contributed by atoms with van der Waals surface area (Å²) in [5, 5.41) is 4.19. The number of amides is 2.